The first-order valence-electron chi connectivity index (χ1n) is 15.2. The number of anilines is 3. The van der Waals surface area contributed by atoms with Crippen molar-refractivity contribution in [3.63, 3.8) is 0 Å². The summed E-state index contributed by atoms with van der Waals surface area (Å²) < 4.78 is 12.8. The zero-order chi connectivity index (χ0) is 29.7. The molecule has 2 heterocycles. The molecular weight excluding hydrogens is 550 g/mol. The molecule has 3 heteroatoms. The second-order valence-electron chi connectivity index (χ2n) is 11.3. The van der Waals surface area contributed by atoms with Crippen LogP contribution in [0.3, 0.4) is 0 Å². The highest BCUT2D eigenvalue weighted by Gasteiger charge is 2.23. The SMILES string of the molecule is c1ccc(-c2ccc(N(c3cccc4oc5ccccc5c34)c3cccc4oc5ccc(-c6ccccc6)cc5c34)cc2)cc1. The van der Waals surface area contributed by atoms with E-state index in [1.165, 1.54) is 16.7 Å². The van der Waals surface area contributed by atoms with Crippen molar-refractivity contribution in [2.75, 3.05) is 4.90 Å². The van der Waals surface area contributed by atoms with E-state index < -0.39 is 0 Å². The number of hydrogen-bond donors (Lipinski definition) is 0. The highest BCUT2D eigenvalue weighted by atomic mass is 16.3. The van der Waals surface area contributed by atoms with Gasteiger partial charge in [-0.25, -0.2) is 0 Å². The molecule has 0 saturated carbocycles. The second kappa shape index (κ2) is 10.3. The molecular formula is C42H27NO2. The predicted octanol–water partition coefficient (Wildman–Crippen LogP) is 12.3. The number of hydrogen-bond acceptors (Lipinski definition) is 3. The van der Waals surface area contributed by atoms with Gasteiger partial charge in [0.05, 0.1) is 22.1 Å². The predicted molar refractivity (Wildman–Crippen MR) is 187 cm³/mol. The van der Waals surface area contributed by atoms with Crippen molar-refractivity contribution in [2.45, 2.75) is 0 Å². The lowest BCUT2D eigenvalue weighted by Crippen LogP contribution is -2.10. The van der Waals surface area contributed by atoms with E-state index in [0.717, 1.165) is 66.5 Å². The molecule has 0 unspecified atom stereocenters. The van der Waals surface area contributed by atoms with Gasteiger partial charge in [0, 0.05) is 16.5 Å². The maximum Gasteiger partial charge on any atom is 0.137 e. The quantitative estimate of drug-likeness (QED) is 0.204. The summed E-state index contributed by atoms with van der Waals surface area (Å²) in [7, 11) is 0. The van der Waals surface area contributed by atoms with Crippen molar-refractivity contribution in [1.82, 2.24) is 0 Å². The van der Waals surface area contributed by atoms with Gasteiger partial charge in [-0.05, 0) is 76.9 Å². The zero-order valence-electron chi connectivity index (χ0n) is 24.4. The summed E-state index contributed by atoms with van der Waals surface area (Å²) in [6, 6.07) is 57.2. The molecule has 0 saturated heterocycles. The first-order valence-corrected chi connectivity index (χ1v) is 15.2. The molecule has 3 nitrogen and oxygen atoms in total. The van der Waals surface area contributed by atoms with Gasteiger partial charge in [-0.1, -0.05) is 109 Å². The van der Waals surface area contributed by atoms with Crippen LogP contribution in [-0.2, 0) is 0 Å². The Kier molecular flexibility index (Phi) is 5.82. The summed E-state index contributed by atoms with van der Waals surface area (Å²) in [6.45, 7) is 0. The summed E-state index contributed by atoms with van der Waals surface area (Å²) in [6.07, 6.45) is 0. The van der Waals surface area contributed by atoms with Crippen LogP contribution in [-0.4, -0.2) is 0 Å². The number of benzene rings is 7. The van der Waals surface area contributed by atoms with Gasteiger partial charge >= 0.3 is 0 Å². The standard InChI is InChI=1S/C42H27NO2/c1-3-11-28(12-4-1)30-21-24-32(25-22-30)43(35-16-9-19-39-41(35)33-15-7-8-18-37(33)44-39)36-17-10-20-40-42(36)34-27-31(23-26-38(34)45-40)29-13-5-2-6-14-29/h1-27H. The molecule has 9 rings (SSSR count). The Morgan fingerprint density at radius 2 is 0.822 bits per heavy atom. The molecule has 0 aliphatic rings. The highest BCUT2D eigenvalue weighted by Crippen LogP contribution is 2.47. The molecule has 0 atom stereocenters. The Morgan fingerprint density at radius 1 is 0.333 bits per heavy atom. The molecule has 0 radical (unpaired) electrons. The summed E-state index contributed by atoms with van der Waals surface area (Å²) in [4.78, 5) is 2.35. The number of furan rings is 2. The van der Waals surface area contributed by atoms with Gasteiger partial charge in [-0.3, -0.25) is 0 Å². The van der Waals surface area contributed by atoms with Gasteiger partial charge in [0.2, 0.25) is 0 Å². The topological polar surface area (TPSA) is 29.5 Å². The lowest BCUT2D eigenvalue weighted by molar-refractivity contribution is 0.669. The number of rotatable bonds is 5. The van der Waals surface area contributed by atoms with Gasteiger partial charge < -0.3 is 13.7 Å². The number of fused-ring (bicyclic) bond motifs is 6. The summed E-state index contributed by atoms with van der Waals surface area (Å²) in [5.74, 6) is 0. The van der Waals surface area contributed by atoms with Crippen LogP contribution in [0, 0.1) is 0 Å². The van der Waals surface area contributed by atoms with E-state index >= 15 is 0 Å². The first kappa shape index (κ1) is 25.4. The van der Waals surface area contributed by atoms with Crippen molar-refractivity contribution in [2.24, 2.45) is 0 Å². The number of para-hydroxylation sites is 1. The van der Waals surface area contributed by atoms with Crippen LogP contribution in [0.5, 0.6) is 0 Å². The van der Waals surface area contributed by atoms with Gasteiger partial charge in [-0.2, -0.15) is 0 Å². The fourth-order valence-corrected chi connectivity index (χ4v) is 6.59. The van der Waals surface area contributed by atoms with Crippen LogP contribution in [0.4, 0.5) is 17.1 Å². The van der Waals surface area contributed by atoms with Gasteiger partial charge in [0.15, 0.2) is 0 Å². The average molecular weight is 578 g/mol. The third kappa shape index (κ3) is 4.21. The van der Waals surface area contributed by atoms with Gasteiger partial charge in [0.25, 0.3) is 0 Å². The smallest absolute Gasteiger partial charge is 0.137 e. The molecule has 0 aliphatic carbocycles. The van der Waals surface area contributed by atoms with Crippen LogP contribution in [0.25, 0.3) is 66.1 Å². The van der Waals surface area contributed by atoms with Gasteiger partial charge in [-0.15, -0.1) is 0 Å². The largest absolute Gasteiger partial charge is 0.456 e. The summed E-state index contributed by atoms with van der Waals surface area (Å²) in [5, 5.41) is 4.32. The number of nitrogens with zero attached hydrogens (tertiary/aromatic N) is 1. The van der Waals surface area contributed by atoms with Crippen LogP contribution >= 0.6 is 0 Å². The Bertz CT molecular complexity index is 2470. The Balaban J connectivity index is 1.33. The third-order valence-electron chi connectivity index (χ3n) is 8.68. The molecule has 2 aromatic heterocycles. The van der Waals surface area contributed by atoms with E-state index in [2.05, 4.69) is 157 Å². The van der Waals surface area contributed by atoms with Crippen LogP contribution in [0.15, 0.2) is 173 Å². The molecule has 0 bridgehead atoms. The minimum absolute atomic E-state index is 0.850. The van der Waals surface area contributed by atoms with Crippen molar-refractivity contribution in [3.05, 3.63) is 164 Å². The van der Waals surface area contributed by atoms with Crippen molar-refractivity contribution in [3.8, 4) is 22.3 Å². The summed E-state index contributed by atoms with van der Waals surface area (Å²) in [5.41, 5.74) is 11.3. The van der Waals surface area contributed by atoms with E-state index in [0.29, 0.717) is 0 Å². The average Bonchev–Trinajstić information content (AvgIpc) is 3.68. The Labute approximate surface area is 260 Å². The lowest BCUT2D eigenvalue weighted by Gasteiger charge is -2.27. The van der Waals surface area contributed by atoms with E-state index in [4.69, 9.17) is 8.83 Å². The molecule has 0 aliphatic heterocycles. The fraction of sp³-hybridized carbons (Fsp3) is 0. The first-order chi connectivity index (χ1) is 22.3. The van der Waals surface area contributed by atoms with E-state index in [1.807, 2.05) is 12.1 Å². The van der Waals surface area contributed by atoms with Crippen molar-refractivity contribution < 1.29 is 8.83 Å². The minimum Gasteiger partial charge on any atom is -0.456 e. The Hall–Kier alpha value is -6.06. The van der Waals surface area contributed by atoms with E-state index in [1.54, 1.807) is 0 Å². The Morgan fingerprint density at radius 3 is 1.49 bits per heavy atom. The van der Waals surface area contributed by atoms with Crippen LogP contribution in [0.1, 0.15) is 0 Å². The summed E-state index contributed by atoms with van der Waals surface area (Å²) >= 11 is 0. The molecule has 9 aromatic rings. The van der Waals surface area contributed by atoms with Crippen LogP contribution in [0.2, 0.25) is 0 Å². The van der Waals surface area contributed by atoms with Crippen LogP contribution < -0.4 is 4.90 Å². The normalized spacial score (nSPS) is 11.6. The molecule has 0 N–H and O–H groups in total. The minimum atomic E-state index is 0.850. The maximum atomic E-state index is 6.48. The van der Waals surface area contributed by atoms with E-state index in [9.17, 15) is 0 Å². The monoisotopic (exact) mass is 577 g/mol. The molecule has 212 valence electrons. The van der Waals surface area contributed by atoms with E-state index in [-0.39, 0.29) is 0 Å². The highest BCUT2D eigenvalue weighted by molar-refractivity contribution is 6.18. The molecule has 45 heavy (non-hydrogen) atoms. The lowest BCUT2D eigenvalue weighted by atomic mass is 10.0. The molecule has 7 aromatic carbocycles. The molecule has 0 spiro atoms. The fourth-order valence-electron chi connectivity index (χ4n) is 6.59. The molecule has 0 amide bonds. The molecule has 0 fully saturated rings. The second-order valence-corrected chi connectivity index (χ2v) is 11.3. The maximum absolute atomic E-state index is 6.48. The van der Waals surface area contributed by atoms with Crippen molar-refractivity contribution >= 4 is 60.9 Å². The van der Waals surface area contributed by atoms with Gasteiger partial charge in [0.1, 0.15) is 22.3 Å². The third-order valence-corrected chi connectivity index (χ3v) is 8.68. The van der Waals surface area contributed by atoms with Crippen molar-refractivity contribution in [1.29, 1.82) is 0 Å². The zero-order valence-corrected chi connectivity index (χ0v) is 24.4.